The first kappa shape index (κ1) is 21.4. The Morgan fingerprint density at radius 2 is 2.07 bits per heavy atom. The number of carbonyl (C=O) groups is 1. The molecule has 1 aromatic heterocycles. The topological polar surface area (TPSA) is 71.3 Å². The highest BCUT2D eigenvalue weighted by Crippen LogP contribution is 2.21. The Kier molecular flexibility index (Phi) is 7.80. The molecule has 7 heteroatoms. The fourth-order valence-corrected chi connectivity index (χ4v) is 3.38. The van der Waals surface area contributed by atoms with Gasteiger partial charge in [-0.2, -0.15) is 4.98 Å². The van der Waals surface area contributed by atoms with Gasteiger partial charge < -0.3 is 14.7 Å². The van der Waals surface area contributed by atoms with Crippen LogP contribution >= 0.6 is 12.4 Å². The third-order valence-corrected chi connectivity index (χ3v) is 4.99. The average Bonchev–Trinajstić information content (AvgIpc) is 3.30. The van der Waals surface area contributed by atoms with E-state index in [2.05, 4.69) is 41.4 Å². The monoisotopic (exact) mass is 392 g/mol. The zero-order chi connectivity index (χ0) is 18.5. The largest absolute Gasteiger partial charge is 0.342 e. The molecule has 1 aliphatic heterocycles. The summed E-state index contributed by atoms with van der Waals surface area (Å²) in [5, 5.41) is 7.24. The Bertz CT molecular complexity index is 730. The number of aromatic nitrogens is 2. The van der Waals surface area contributed by atoms with E-state index in [1.165, 1.54) is 5.56 Å². The van der Waals surface area contributed by atoms with Crippen molar-refractivity contribution in [3.05, 3.63) is 35.7 Å². The summed E-state index contributed by atoms with van der Waals surface area (Å²) in [6.07, 6.45) is 1.98. The van der Waals surface area contributed by atoms with Crippen LogP contribution in [0, 0.1) is 5.92 Å². The number of halogens is 1. The van der Waals surface area contributed by atoms with Gasteiger partial charge in [0.05, 0.1) is 0 Å². The van der Waals surface area contributed by atoms with Crippen LogP contribution in [0.15, 0.2) is 28.8 Å². The van der Waals surface area contributed by atoms with Gasteiger partial charge in [-0.15, -0.1) is 12.4 Å². The fourth-order valence-electron chi connectivity index (χ4n) is 3.38. The van der Waals surface area contributed by atoms with Crippen molar-refractivity contribution in [1.82, 2.24) is 20.4 Å². The first-order valence-corrected chi connectivity index (χ1v) is 9.42. The highest BCUT2D eigenvalue weighted by atomic mass is 35.5. The van der Waals surface area contributed by atoms with Crippen molar-refractivity contribution in [2.24, 2.45) is 5.92 Å². The van der Waals surface area contributed by atoms with E-state index >= 15 is 0 Å². The molecule has 1 amide bonds. The minimum atomic E-state index is 0. The molecule has 1 saturated heterocycles. The first-order chi connectivity index (χ1) is 12.6. The molecule has 1 aliphatic rings. The summed E-state index contributed by atoms with van der Waals surface area (Å²) in [4.78, 5) is 18.7. The van der Waals surface area contributed by atoms with E-state index in [-0.39, 0.29) is 18.3 Å². The fraction of sp³-hybridized carbons (Fsp3) is 0.550. The highest BCUT2D eigenvalue weighted by Gasteiger charge is 2.25. The summed E-state index contributed by atoms with van der Waals surface area (Å²) in [6.45, 7) is 6.99. The van der Waals surface area contributed by atoms with Gasteiger partial charge in [-0.1, -0.05) is 43.3 Å². The van der Waals surface area contributed by atoms with Crippen molar-refractivity contribution < 1.29 is 9.32 Å². The molecular formula is C20H29ClN4O2. The zero-order valence-electron chi connectivity index (χ0n) is 16.3. The van der Waals surface area contributed by atoms with Crippen LogP contribution in [-0.2, 0) is 11.2 Å². The third-order valence-electron chi connectivity index (χ3n) is 4.99. The Balaban J connectivity index is 0.00000261. The van der Waals surface area contributed by atoms with E-state index in [0.717, 1.165) is 31.6 Å². The van der Waals surface area contributed by atoms with Crippen molar-refractivity contribution in [3.63, 3.8) is 0 Å². The molecule has 2 aromatic rings. The molecule has 1 N–H and O–H groups in total. The van der Waals surface area contributed by atoms with E-state index in [1.54, 1.807) is 0 Å². The molecule has 0 spiro atoms. The van der Waals surface area contributed by atoms with Crippen LogP contribution < -0.4 is 5.32 Å². The normalized spacial score (nSPS) is 16.6. The number of hydrogen-bond acceptors (Lipinski definition) is 5. The Morgan fingerprint density at radius 1 is 1.33 bits per heavy atom. The molecule has 1 aromatic carbocycles. The molecule has 3 rings (SSSR count). The number of nitrogens with zero attached hydrogens (tertiary/aromatic N) is 3. The maximum absolute atomic E-state index is 12.4. The number of carbonyl (C=O) groups excluding carboxylic acids is 1. The molecule has 1 unspecified atom stereocenters. The molecule has 1 atom stereocenters. The van der Waals surface area contributed by atoms with Crippen LogP contribution in [-0.4, -0.2) is 47.6 Å². The lowest BCUT2D eigenvalue weighted by atomic mass is 10.0. The van der Waals surface area contributed by atoms with E-state index in [9.17, 15) is 4.79 Å². The van der Waals surface area contributed by atoms with Gasteiger partial charge in [-0.25, -0.2) is 0 Å². The lowest BCUT2D eigenvalue weighted by molar-refractivity contribution is -0.130. The summed E-state index contributed by atoms with van der Waals surface area (Å²) >= 11 is 0. The van der Waals surface area contributed by atoms with Gasteiger partial charge >= 0.3 is 0 Å². The Hall–Kier alpha value is -1.92. The predicted molar refractivity (Wildman–Crippen MR) is 108 cm³/mol. The smallest absolute Gasteiger partial charge is 0.227 e. The number of benzene rings is 1. The number of hydrogen-bond donors (Lipinski definition) is 1. The molecule has 2 heterocycles. The number of aryl methyl sites for hydroxylation is 1. The van der Waals surface area contributed by atoms with E-state index in [0.29, 0.717) is 36.4 Å². The van der Waals surface area contributed by atoms with Crippen LogP contribution in [0.4, 0.5) is 0 Å². The van der Waals surface area contributed by atoms with Crippen molar-refractivity contribution in [2.45, 2.75) is 39.0 Å². The standard InChI is InChI=1S/C20H28N4O2.ClH/c1-14(2)16-4-6-17(7-5-16)20-22-18(26-23-20)8-9-19(25)24-11-10-15(13-24)12-21-3;/h4-7,14-15,21H,8-13H2,1-3H3;1H. The molecule has 148 valence electrons. The predicted octanol–water partition coefficient (Wildman–Crippen LogP) is 3.28. The van der Waals surface area contributed by atoms with E-state index in [4.69, 9.17) is 4.52 Å². The van der Waals surface area contributed by atoms with Crippen LogP contribution in [0.5, 0.6) is 0 Å². The molecule has 0 radical (unpaired) electrons. The Morgan fingerprint density at radius 3 is 2.74 bits per heavy atom. The van der Waals surface area contributed by atoms with Gasteiger partial charge in [0.2, 0.25) is 17.6 Å². The quantitative estimate of drug-likeness (QED) is 0.782. The van der Waals surface area contributed by atoms with Gasteiger partial charge in [0.25, 0.3) is 0 Å². The average molecular weight is 393 g/mol. The summed E-state index contributed by atoms with van der Waals surface area (Å²) < 4.78 is 5.33. The first-order valence-electron chi connectivity index (χ1n) is 9.42. The molecule has 1 fully saturated rings. The van der Waals surface area contributed by atoms with Crippen molar-refractivity contribution >= 4 is 18.3 Å². The number of amides is 1. The van der Waals surface area contributed by atoms with Crippen LogP contribution in [0.1, 0.15) is 44.1 Å². The second-order valence-corrected chi connectivity index (χ2v) is 7.34. The molecule has 0 aliphatic carbocycles. The molecular weight excluding hydrogens is 364 g/mol. The minimum Gasteiger partial charge on any atom is -0.342 e. The molecule has 6 nitrogen and oxygen atoms in total. The van der Waals surface area contributed by atoms with Crippen LogP contribution in [0.3, 0.4) is 0 Å². The Labute approximate surface area is 167 Å². The highest BCUT2D eigenvalue weighted by molar-refractivity contribution is 5.85. The maximum Gasteiger partial charge on any atom is 0.227 e. The number of likely N-dealkylation sites (tertiary alicyclic amines) is 1. The molecule has 27 heavy (non-hydrogen) atoms. The van der Waals surface area contributed by atoms with Gasteiger partial charge in [-0.05, 0) is 37.4 Å². The van der Waals surface area contributed by atoms with E-state index in [1.807, 2.05) is 24.1 Å². The SMILES string of the molecule is CNCC1CCN(C(=O)CCc2nc(-c3ccc(C(C)C)cc3)no2)C1.Cl. The van der Waals surface area contributed by atoms with Gasteiger partial charge in [0.15, 0.2) is 0 Å². The second kappa shape index (κ2) is 9.85. The van der Waals surface area contributed by atoms with Gasteiger partial charge in [0.1, 0.15) is 0 Å². The maximum atomic E-state index is 12.4. The summed E-state index contributed by atoms with van der Waals surface area (Å²) in [5.74, 6) is 2.33. The van der Waals surface area contributed by atoms with Crippen LogP contribution in [0.2, 0.25) is 0 Å². The van der Waals surface area contributed by atoms with Crippen molar-refractivity contribution in [3.8, 4) is 11.4 Å². The molecule has 0 bridgehead atoms. The lowest BCUT2D eigenvalue weighted by Crippen LogP contribution is -2.30. The van der Waals surface area contributed by atoms with E-state index < -0.39 is 0 Å². The number of rotatable bonds is 7. The van der Waals surface area contributed by atoms with Gasteiger partial charge in [0, 0.05) is 31.5 Å². The second-order valence-electron chi connectivity index (χ2n) is 7.34. The third kappa shape index (κ3) is 5.53. The number of nitrogens with one attached hydrogen (secondary N) is 1. The van der Waals surface area contributed by atoms with Crippen LogP contribution in [0.25, 0.3) is 11.4 Å². The molecule has 0 saturated carbocycles. The summed E-state index contributed by atoms with van der Waals surface area (Å²) in [7, 11) is 1.95. The van der Waals surface area contributed by atoms with Gasteiger partial charge in [-0.3, -0.25) is 4.79 Å². The summed E-state index contributed by atoms with van der Waals surface area (Å²) in [5.41, 5.74) is 2.22. The van der Waals surface area contributed by atoms with Crippen molar-refractivity contribution in [2.75, 3.05) is 26.7 Å². The van der Waals surface area contributed by atoms with Crippen molar-refractivity contribution in [1.29, 1.82) is 0 Å². The lowest BCUT2D eigenvalue weighted by Gasteiger charge is -2.15. The summed E-state index contributed by atoms with van der Waals surface area (Å²) in [6, 6.07) is 8.21. The zero-order valence-corrected chi connectivity index (χ0v) is 17.1. The minimum absolute atomic E-state index is 0.